The quantitative estimate of drug-likeness (QED) is 0.793. The molecule has 0 radical (unpaired) electrons. The number of rotatable bonds is 6. The average molecular weight is 310 g/mol. The second-order valence-corrected chi connectivity index (χ2v) is 7.25. The summed E-state index contributed by atoms with van der Waals surface area (Å²) in [6.07, 6.45) is 9.68. The number of nitrogens with zero attached hydrogens (tertiary/aromatic N) is 1. The predicted molar refractivity (Wildman–Crippen MR) is 89.7 cm³/mol. The lowest BCUT2D eigenvalue weighted by atomic mass is 9.87. The van der Waals surface area contributed by atoms with Gasteiger partial charge in [0.2, 0.25) is 5.91 Å². The monoisotopic (exact) mass is 310 g/mol. The van der Waals surface area contributed by atoms with Crippen LogP contribution < -0.4 is 5.32 Å². The van der Waals surface area contributed by atoms with Crippen molar-refractivity contribution in [2.24, 2.45) is 5.92 Å². The summed E-state index contributed by atoms with van der Waals surface area (Å²) in [5.74, 6) is 0.687. The minimum Gasteiger partial charge on any atom is -0.393 e. The molecule has 1 aliphatic carbocycles. The molecule has 4 heteroatoms. The highest BCUT2D eigenvalue weighted by Crippen LogP contribution is 2.25. The smallest absolute Gasteiger partial charge is 0.222 e. The first-order valence-corrected chi connectivity index (χ1v) is 9.34. The van der Waals surface area contributed by atoms with Crippen molar-refractivity contribution in [3.8, 4) is 0 Å². The topological polar surface area (TPSA) is 52.6 Å². The molecule has 0 aromatic heterocycles. The van der Waals surface area contributed by atoms with Crippen molar-refractivity contribution in [1.82, 2.24) is 10.2 Å². The Bertz CT molecular complexity index is 342. The van der Waals surface area contributed by atoms with Gasteiger partial charge in [0.25, 0.3) is 0 Å². The number of piperidine rings is 1. The lowest BCUT2D eigenvalue weighted by molar-refractivity contribution is -0.133. The van der Waals surface area contributed by atoms with E-state index in [-0.39, 0.29) is 12.0 Å². The van der Waals surface area contributed by atoms with Gasteiger partial charge < -0.3 is 15.3 Å². The van der Waals surface area contributed by atoms with Gasteiger partial charge in [0.15, 0.2) is 0 Å². The minimum atomic E-state index is -0.225. The van der Waals surface area contributed by atoms with Gasteiger partial charge in [0.05, 0.1) is 6.10 Å². The molecular formula is C18H34N2O2. The molecule has 2 aliphatic rings. The highest BCUT2D eigenvalue weighted by atomic mass is 16.3. The Kier molecular flexibility index (Phi) is 7.16. The maximum absolute atomic E-state index is 12.1. The largest absolute Gasteiger partial charge is 0.393 e. The third kappa shape index (κ3) is 5.24. The zero-order chi connectivity index (χ0) is 15.9. The highest BCUT2D eigenvalue weighted by molar-refractivity contribution is 5.76. The van der Waals surface area contributed by atoms with Gasteiger partial charge in [-0.15, -0.1) is 0 Å². The van der Waals surface area contributed by atoms with Gasteiger partial charge in [-0.1, -0.05) is 33.1 Å². The van der Waals surface area contributed by atoms with Crippen molar-refractivity contribution >= 4 is 5.91 Å². The summed E-state index contributed by atoms with van der Waals surface area (Å²) in [6.45, 7) is 5.64. The minimum absolute atomic E-state index is 0.225. The number of carbonyl (C=O) groups excluding carboxylic acids is 1. The van der Waals surface area contributed by atoms with Crippen LogP contribution in [0.15, 0.2) is 0 Å². The van der Waals surface area contributed by atoms with Crippen LogP contribution in [0, 0.1) is 5.92 Å². The van der Waals surface area contributed by atoms with Gasteiger partial charge in [0, 0.05) is 31.6 Å². The van der Waals surface area contributed by atoms with E-state index in [2.05, 4.69) is 5.32 Å². The van der Waals surface area contributed by atoms with Gasteiger partial charge >= 0.3 is 0 Å². The number of nitrogens with one attached hydrogen (secondary N) is 1. The molecular weight excluding hydrogens is 276 g/mol. The number of aliphatic hydroxyl groups excluding tert-OH is 1. The van der Waals surface area contributed by atoms with Crippen LogP contribution in [-0.2, 0) is 4.79 Å². The standard InChI is InChI=1S/C18H34N2O2/c1-3-17(21)11-14-10-16(13-20(12-14)18(22)4-2)19-15-8-6-5-7-9-15/h14-17,19,21H,3-13H2,1-2H3. The molecule has 128 valence electrons. The molecule has 3 atom stereocenters. The van der Waals surface area contributed by atoms with E-state index in [1.807, 2.05) is 18.7 Å². The summed E-state index contributed by atoms with van der Waals surface area (Å²) in [6, 6.07) is 1.04. The molecule has 0 aromatic carbocycles. The van der Waals surface area contributed by atoms with Gasteiger partial charge in [-0.05, 0) is 38.0 Å². The maximum atomic E-state index is 12.1. The van der Waals surface area contributed by atoms with Gasteiger partial charge in [-0.3, -0.25) is 4.79 Å². The fraction of sp³-hybridized carbons (Fsp3) is 0.944. The molecule has 4 nitrogen and oxygen atoms in total. The van der Waals surface area contributed by atoms with Crippen LogP contribution in [0.2, 0.25) is 0 Å². The molecule has 2 fully saturated rings. The molecule has 0 bridgehead atoms. The Morgan fingerprint density at radius 1 is 1.18 bits per heavy atom. The lowest BCUT2D eigenvalue weighted by Gasteiger charge is -2.40. The van der Waals surface area contributed by atoms with Crippen LogP contribution in [0.25, 0.3) is 0 Å². The van der Waals surface area contributed by atoms with E-state index >= 15 is 0 Å². The molecule has 1 aliphatic heterocycles. The van der Waals surface area contributed by atoms with Gasteiger partial charge in [-0.2, -0.15) is 0 Å². The summed E-state index contributed by atoms with van der Waals surface area (Å²) in [5, 5.41) is 13.8. The van der Waals surface area contributed by atoms with Gasteiger partial charge in [-0.25, -0.2) is 0 Å². The van der Waals surface area contributed by atoms with E-state index in [1.165, 1.54) is 32.1 Å². The van der Waals surface area contributed by atoms with Crippen molar-refractivity contribution in [3.05, 3.63) is 0 Å². The van der Waals surface area contributed by atoms with Crippen molar-refractivity contribution in [3.63, 3.8) is 0 Å². The first kappa shape index (κ1) is 17.7. The molecule has 22 heavy (non-hydrogen) atoms. The first-order chi connectivity index (χ1) is 10.6. The molecule has 1 saturated carbocycles. The fourth-order valence-corrected chi connectivity index (χ4v) is 4.08. The van der Waals surface area contributed by atoms with Crippen molar-refractivity contribution in [2.45, 2.75) is 89.8 Å². The van der Waals surface area contributed by atoms with Crippen LogP contribution >= 0.6 is 0 Å². The first-order valence-electron chi connectivity index (χ1n) is 9.34. The van der Waals surface area contributed by atoms with E-state index in [1.54, 1.807) is 0 Å². The highest BCUT2D eigenvalue weighted by Gasteiger charge is 2.31. The van der Waals surface area contributed by atoms with E-state index in [4.69, 9.17) is 0 Å². The molecule has 0 spiro atoms. The summed E-state index contributed by atoms with van der Waals surface area (Å²) in [4.78, 5) is 14.2. The van der Waals surface area contributed by atoms with Crippen molar-refractivity contribution in [2.75, 3.05) is 13.1 Å². The number of hydrogen-bond acceptors (Lipinski definition) is 3. The second kappa shape index (κ2) is 8.88. The predicted octanol–water partition coefficient (Wildman–Crippen LogP) is 2.70. The molecule has 1 saturated heterocycles. The Morgan fingerprint density at radius 3 is 2.55 bits per heavy atom. The molecule has 0 aromatic rings. The number of aliphatic hydroxyl groups is 1. The van der Waals surface area contributed by atoms with Crippen LogP contribution in [0.3, 0.4) is 0 Å². The summed E-state index contributed by atoms with van der Waals surface area (Å²) in [5.41, 5.74) is 0. The normalized spacial score (nSPS) is 28.6. The number of carbonyl (C=O) groups is 1. The molecule has 2 rings (SSSR count). The summed E-state index contributed by atoms with van der Waals surface area (Å²) < 4.78 is 0. The molecule has 1 amide bonds. The Labute approximate surface area is 135 Å². The lowest BCUT2D eigenvalue weighted by Crippen LogP contribution is -2.54. The SMILES string of the molecule is CCC(=O)N1CC(CC(O)CC)CC(NC2CCCCC2)C1. The third-order valence-electron chi connectivity index (χ3n) is 5.35. The van der Waals surface area contributed by atoms with E-state index in [0.29, 0.717) is 24.4 Å². The number of hydrogen-bond donors (Lipinski definition) is 2. The van der Waals surface area contributed by atoms with Crippen LogP contribution in [0.5, 0.6) is 0 Å². The summed E-state index contributed by atoms with van der Waals surface area (Å²) in [7, 11) is 0. The van der Waals surface area contributed by atoms with Crippen molar-refractivity contribution < 1.29 is 9.90 Å². The zero-order valence-corrected chi connectivity index (χ0v) is 14.4. The van der Waals surface area contributed by atoms with E-state index < -0.39 is 0 Å². The molecule has 1 heterocycles. The third-order valence-corrected chi connectivity index (χ3v) is 5.35. The van der Waals surface area contributed by atoms with Gasteiger partial charge in [0.1, 0.15) is 0 Å². The number of likely N-dealkylation sites (tertiary alicyclic amines) is 1. The Morgan fingerprint density at radius 2 is 1.91 bits per heavy atom. The molecule has 3 unspecified atom stereocenters. The second-order valence-electron chi connectivity index (χ2n) is 7.25. The van der Waals surface area contributed by atoms with E-state index in [9.17, 15) is 9.90 Å². The Hall–Kier alpha value is -0.610. The van der Waals surface area contributed by atoms with Crippen LogP contribution in [0.1, 0.15) is 71.6 Å². The van der Waals surface area contributed by atoms with Crippen LogP contribution in [-0.4, -0.2) is 47.2 Å². The average Bonchev–Trinajstić information content (AvgIpc) is 2.54. The van der Waals surface area contributed by atoms with E-state index in [0.717, 1.165) is 32.4 Å². The Balaban J connectivity index is 1.93. The fourth-order valence-electron chi connectivity index (χ4n) is 4.08. The summed E-state index contributed by atoms with van der Waals surface area (Å²) >= 11 is 0. The molecule has 2 N–H and O–H groups in total. The van der Waals surface area contributed by atoms with Crippen molar-refractivity contribution in [1.29, 1.82) is 0 Å². The number of amides is 1. The zero-order valence-electron chi connectivity index (χ0n) is 14.4. The van der Waals surface area contributed by atoms with Crippen LogP contribution in [0.4, 0.5) is 0 Å². The maximum Gasteiger partial charge on any atom is 0.222 e.